The Morgan fingerprint density at radius 2 is 1.75 bits per heavy atom. The minimum atomic E-state index is -4.42. The van der Waals surface area contributed by atoms with Crippen molar-refractivity contribution in [3.05, 3.63) is 71.0 Å². The SMILES string of the molecule is CN(c1ccc(F)c(Nc2ccc(C(F)(F)F)cc2)c1)c1ccc2nc(C3CC3)sc2n1. The summed E-state index contributed by atoms with van der Waals surface area (Å²) in [6.07, 6.45) is -2.06. The number of rotatable bonds is 5. The van der Waals surface area contributed by atoms with E-state index in [0.717, 1.165) is 27.5 Å². The molecule has 9 heteroatoms. The number of thiazole rings is 1. The molecule has 2 aromatic heterocycles. The highest BCUT2D eigenvalue weighted by molar-refractivity contribution is 7.18. The van der Waals surface area contributed by atoms with Crippen LogP contribution >= 0.6 is 11.3 Å². The number of nitrogens with zero attached hydrogens (tertiary/aromatic N) is 3. The summed E-state index contributed by atoms with van der Waals surface area (Å²) in [7, 11) is 1.83. The van der Waals surface area contributed by atoms with Gasteiger partial charge in [0.2, 0.25) is 0 Å². The Hall–Kier alpha value is -3.20. The minimum absolute atomic E-state index is 0.156. The van der Waals surface area contributed by atoms with Crippen molar-refractivity contribution in [2.45, 2.75) is 24.9 Å². The number of benzene rings is 2. The molecule has 1 N–H and O–H groups in total. The molecule has 0 aliphatic heterocycles. The second kappa shape index (κ2) is 7.74. The highest BCUT2D eigenvalue weighted by atomic mass is 32.1. The highest BCUT2D eigenvalue weighted by Gasteiger charge is 2.30. The number of anilines is 4. The predicted molar refractivity (Wildman–Crippen MR) is 119 cm³/mol. The maximum Gasteiger partial charge on any atom is 0.416 e. The molecule has 5 rings (SSSR count). The van der Waals surface area contributed by atoms with Crippen LogP contribution in [0.3, 0.4) is 0 Å². The number of hydrogen-bond donors (Lipinski definition) is 1. The molecule has 0 bridgehead atoms. The molecule has 2 heterocycles. The second-order valence-corrected chi connectivity index (χ2v) is 8.75. The quantitative estimate of drug-likeness (QED) is 0.320. The van der Waals surface area contributed by atoms with Gasteiger partial charge in [0.1, 0.15) is 22.0 Å². The van der Waals surface area contributed by atoms with Crippen LogP contribution in [0.15, 0.2) is 54.6 Å². The van der Waals surface area contributed by atoms with Gasteiger partial charge in [0.25, 0.3) is 0 Å². The van der Waals surface area contributed by atoms with Crippen LogP contribution < -0.4 is 10.2 Å². The van der Waals surface area contributed by atoms with Crippen molar-refractivity contribution in [2.75, 3.05) is 17.3 Å². The Morgan fingerprint density at radius 1 is 1.00 bits per heavy atom. The summed E-state index contributed by atoms with van der Waals surface area (Å²) in [5.41, 5.74) is 1.31. The first-order valence-electron chi connectivity index (χ1n) is 10.0. The van der Waals surface area contributed by atoms with Crippen molar-refractivity contribution in [1.82, 2.24) is 9.97 Å². The van der Waals surface area contributed by atoms with Crippen molar-refractivity contribution in [2.24, 2.45) is 0 Å². The number of fused-ring (bicyclic) bond motifs is 1. The molecule has 2 aromatic carbocycles. The van der Waals surface area contributed by atoms with Gasteiger partial charge in [0.15, 0.2) is 0 Å². The van der Waals surface area contributed by atoms with E-state index in [9.17, 15) is 17.6 Å². The Labute approximate surface area is 185 Å². The summed E-state index contributed by atoms with van der Waals surface area (Å²) in [6, 6.07) is 12.8. The lowest BCUT2D eigenvalue weighted by molar-refractivity contribution is -0.137. The molecule has 0 unspecified atom stereocenters. The van der Waals surface area contributed by atoms with E-state index >= 15 is 0 Å². The van der Waals surface area contributed by atoms with Crippen LogP contribution in [0.25, 0.3) is 10.3 Å². The first-order valence-corrected chi connectivity index (χ1v) is 10.8. The first-order chi connectivity index (χ1) is 15.3. The van der Waals surface area contributed by atoms with Gasteiger partial charge in [-0.25, -0.2) is 14.4 Å². The largest absolute Gasteiger partial charge is 0.416 e. The number of nitrogens with one attached hydrogen (secondary N) is 1. The van der Waals surface area contributed by atoms with Crippen molar-refractivity contribution < 1.29 is 17.6 Å². The van der Waals surface area contributed by atoms with Crippen LogP contribution in [-0.2, 0) is 6.18 Å². The third kappa shape index (κ3) is 4.12. The molecule has 4 nitrogen and oxygen atoms in total. The predicted octanol–water partition coefficient (Wildman–Crippen LogP) is 7.24. The third-order valence-electron chi connectivity index (χ3n) is 5.36. The van der Waals surface area contributed by atoms with Crippen LogP contribution in [-0.4, -0.2) is 17.0 Å². The fourth-order valence-corrected chi connectivity index (χ4v) is 4.47. The van der Waals surface area contributed by atoms with Gasteiger partial charge in [-0.15, -0.1) is 0 Å². The van der Waals surface area contributed by atoms with Gasteiger partial charge in [-0.1, -0.05) is 11.3 Å². The number of pyridine rings is 1. The smallest absolute Gasteiger partial charge is 0.353 e. The van der Waals surface area contributed by atoms with Gasteiger partial charge in [-0.3, -0.25) is 0 Å². The molecular formula is C23H18F4N4S. The van der Waals surface area contributed by atoms with Gasteiger partial charge >= 0.3 is 6.18 Å². The Kier molecular flexibility index (Phi) is 5.00. The van der Waals surface area contributed by atoms with Crippen molar-refractivity contribution in [3.8, 4) is 0 Å². The molecule has 1 fully saturated rings. The summed E-state index contributed by atoms with van der Waals surface area (Å²) >= 11 is 1.60. The summed E-state index contributed by atoms with van der Waals surface area (Å²) < 4.78 is 52.7. The number of hydrogen-bond acceptors (Lipinski definition) is 5. The number of aromatic nitrogens is 2. The summed E-state index contributed by atoms with van der Waals surface area (Å²) in [5, 5.41) is 3.97. The van der Waals surface area contributed by atoms with Crippen molar-refractivity contribution >= 4 is 44.6 Å². The molecule has 4 aromatic rings. The zero-order valence-electron chi connectivity index (χ0n) is 16.9. The Morgan fingerprint density at radius 3 is 2.44 bits per heavy atom. The monoisotopic (exact) mass is 458 g/mol. The molecule has 0 spiro atoms. The third-order valence-corrected chi connectivity index (χ3v) is 6.48. The molecule has 32 heavy (non-hydrogen) atoms. The molecule has 164 valence electrons. The van der Waals surface area contributed by atoms with Gasteiger partial charge in [-0.05, 0) is 67.4 Å². The average Bonchev–Trinajstić information content (AvgIpc) is 3.53. The lowest BCUT2D eigenvalue weighted by Gasteiger charge is -2.20. The average molecular weight is 458 g/mol. The summed E-state index contributed by atoms with van der Waals surface area (Å²) in [6.45, 7) is 0. The molecule has 0 radical (unpaired) electrons. The van der Waals surface area contributed by atoms with Crippen molar-refractivity contribution in [3.63, 3.8) is 0 Å². The van der Waals surface area contributed by atoms with Gasteiger partial charge in [-0.2, -0.15) is 13.2 Å². The number of alkyl halides is 3. The summed E-state index contributed by atoms with van der Waals surface area (Å²) in [4.78, 5) is 12.1. The fourth-order valence-electron chi connectivity index (χ4n) is 3.36. The van der Waals surface area contributed by atoms with Crippen LogP contribution in [0.5, 0.6) is 0 Å². The maximum atomic E-state index is 14.4. The van der Waals surface area contributed by atoms with E-state index in [0.29, 0.717) is 23.1 Å². The molecule has 0 saturated heterocycles. The standard InChI is InChI=1S/C23H18F4N4S/c1-31(20-11-10-18-22(30-20)32-21(29-18)13-2-3-13)16-8-9-17(24)19(12-16)28-15-6-4-14(5-7-15)23(25,26)27/h4-13,28H,2-3H2,1H3. The van der Waals surface area contributed by atoms with E-state index in [1.165, 1.54) is 31.0 Å². The van der Waals surface area contributed by atoms with Gasteiger partial charge in [0, 0.05) is 24.3 Å². The molecule has 0 amide bonds. The molecule has 1 aliphatic rings. The van der Waals surface area contributed by atoms with Crippen LogP contribution in [0.2, 0.25) is 0 Å². The second-order valence-electron chi connectivity index (χ2n) is 7.74. The maximum absolute atomic E-state index is 14.4. The zero-order valence-corrected chi connectivity index (χ0v) is 17.8. The molecule has 1 aliphatic carbocycles. The number of halogens is 4. The van der Waals surface area contributed by atoms with E-state index in [1.54, 1.807) is 23.5 Å². The summed E-state index contributed by atoms with van der Waals surface area (Å²) in [5.74, 6) is 0.740. The van der Waals surface area contributed by atoms with E-state index in [4.69, 9.17) is 4.98 Å². The fraction of sp³-hybridized carbons (Fsp3) is 0.217. The minimum Gasteiger partial charge on any atom is -0.353 e. The molecule has 1 saturated carbocycles. The normalized spacial score (nSPS) is 14.0. The van der Waals surface area contributed by atoms with Crippen LogP contribution in [0.4, 0.5) is 40.4 Å². The molecular weight excluding hydrogens is 440 g/mol. The van der Waals surface area contributed by atoms with Crippen LogP contribution in [0.1, 0.15) is 29.3 Å². The van der Waals surface area contributed by atoms with E-state index < -0.39 is 17.6 Å². The van der Waals surface area contributed by atoms with E-state index in [-0.39, 0.29) is 5.69 Å². The first kappa shape index (κ1) is 20.7. The lowest BCUT2D eigenvalue weighted by atomic mass is 10.2. The molecule has 0 atom stereocenters. The lowest BCUT2D eigenvalue weighted by Crippen LogP contribution is -2.11. The Balaban J connectivity index is 1.39. The van der Waals surface area contributed by atoms with E-state index in [1.807, 2.05) is 24.1 Å². The van der Waals surface area contributed by atoms with Crippen LogP contribution in [0, 0.1) is 5.82 Å². The van der Waals surface area contributed by atoms with E-state index in [2.05, 4.69) is 10.3 Å². The van der Waals surface area contributed by atoms with Gasteiger partial charge < -0.3 is 10.2 Å². The topological polar surface area (TPSA) is 41.0 Å². The highest BCUT2D eigenvalue weighted by Crippen LogP contribution is 2.43. The van der Waals surface area contributed by atoms with Crippen molar-refractivity contribution in [1.29, 1.82) is 0 Å². The Bertz CT molecular complexity index is 1280. The zero-order chi connectivity index (χ0) is 22.5. The van der Waals surface area contributed by atoms with Gasteiger partial charge in [0.05, 0.1) is 16.3 Å².